The molecule has 2 rings (SSSR count). The molecule has 0 bridgehead atoms. The van der Waals surface area contributed by atoms with Crippen molar-refractivity contribution < 1.29 is 23.4 Å². The van der Waals surface area contributed by atoms with Crippen LogP contribution in [0, 0.1) is 5.92 Å². The zero-order valence-corrected chi connectivity index (χ0v) is 11.5. The Kier molecular flexibility index (Phi) is 5.44. The molecule has 0 radical (unpaired) electrons. The maximum absolute atomic E-state index is 12.5. The van der Waals surface area contributed by atoms with E-state index in [0.29, 0.717) is 13.1 Å². The summed E-state index contributed by atoms with van der Waals surface area (Å²) in [6.45, 7) is 0.277. The van der Waals surface area contributed by atoms with Crippen LogP contribution in [0.4, 0.5) is 8.78 Å². The highest BCUT2D eigenvalue weighted by molar-refractivity contribution is 5.96. The molecule has 1 aromatic heterocycles. The van der Waals surface area contributed by atoms with Gasteiger partial charge in [-0.15, -0.1) is 0 Å². The van der Waals surface area contributed by atoms with Crippen LogP contribution >= 0.6 is 0 Å². The van der Waals surface area contributed by atoms with Gasteiger partial charge in [0.2, 0.25) is 5.88 Å². The Morgan fingerprint density at radius 2 is 2.38 bits per heavy atom. The molecular formula is C14H18F2N2O3. The van der Waals surface area contributed by atoms with E-state index in [1.165, 1.54) is 12.3 Å². The second kappa shape index (κ2) is 7.31. The zero-order chi connectivity index (χ0) is 15.2. The molecule has 1 atom stereocenters. The Morgan fingerprint density at radius 1 is 1.57 bits per heavy atom. The van der Waals surface area contributed by atoms with Crippen molar-refractivity contribution >= 4 is 5.91 Å². The molecule has 116 valence electrons. The van der Waals surface area contributed by atoms with Gasteiger partial charge in [-0.1, -0.05) is 0 Å². The summed E-state index contributed by atoms with van der Waals surface area (Å²) in [5.41, 5.74) is 0.178. The molecule has 1 N–H and O–H groups in total. The van der Waals surface area contributed by atoms with Crippen molar-refractivity contribution in [2.24, 2.45) is 5.92 Å². The fourth-order valence-corrected chi connectivity index (χ4v) is 2.38. The van der Waals surface area contributed by atoms with Gasteiger partial charge in [-0.3, -0.25) is 4.79 Å². The molecule has 7 heteroatoms. The maximum atomic E-state index is 12.5. The number of aromatic nitrogens is 1. The largest absolute Gasteiger partial charge is 0.471 e. The first kappa shape index (κ1) is 15.6. The van der Waals surface area contributed by atoms with Gasteiger partial charge in [0.15, 0.2) is 6.61 Å². The summed E-state index contributed by atoms with van der Waals surface area (Å²) in [6.07, 6.45) is 0.459. The van der Waals surface area contributed by atoms with Crippen molar-refractivity contribution in [2.75, 3.05) is 26.3 Å². The third-order valence-corrected chi connectivity index (χ3v) is 3.41. The maximum Gasteiger partial charge on any atom is 0.272 e. The lowest BCUT2D eigenvalue weighted by Gasteiger charge is -2.32. The molecule has 2 heterocycles. The summed E-state index contributed by atoms with van der Waals surface area (Å²) in [7, 11) is 0. The van der Waals surface area contributed by atoms with Gasteiger partial charge in [-0.05, 0) is 30.9 Å². The quantitative estimate of drug-likeness (QED) is 0.896. The number of carbonyl (C=O) groups is 1. The van der Waals surface area contributed by atoms with E-state index in [1.54, 1.807) is 11.0 Å². The highest BCUT2D eigenvalue weighted by Crippen LogP contribution is 2.22. The third kappa shape index (κ3) is 4.10. The molecule has 1 aliphatic rings. The number of ether oxygens (including phenoxy) is 1. The molecule has 1 amide bonds. The molecule has 5 nitrogen and oxygen atoms in total. The minimum atomic E-state index is -2.62. The number of alkyl halides is 2. The highest BCUT2D eigenvalue weighted by Gasteiger charge is 2.26. The number of aliphatic hydroxyl groups is 1. The Morgan fingerprint density at radius 3 is 3.10 bits per heavy atom. The fourth-order valence-electron chi connectivity index (χ4n) is 2.38. The van der Waals surface area contributed by atoms with Gasteiger partial charge < -0.3 is 14.7 Å². The molecule has 1 aromatic rings. The number of carbonyl (C=O) groups excluding carboxylic acids is 1. The van der Waals surface area contributed by atoms with Crippen molar-refractivity contribution in [1.82, 2.24) is 9.88 Å². The summed E-state index contributed by atoms with van der Waals surface area (Å²) in [6, 6.07) is 3.08. The lowest BCUT2D eigenvalue weighted by Crippen LogP contribution is -2.41. The van der Waals surface area contributed by atoms with Gasteiger partial charge in [0.05, 0.1) is 0 Å². The molecular weight excluding hydrogens is 282 g/mol. The molecule has 0 saturated carbocycles. The first-order valence-electron chi connectivity index (χ1n) is 6.88. The summed E-state index contributed by atoms with van der Waals surface area (Å²) in [4.78, 5) is 17.9. The van der Waals surface area contributed by atoms with Gasteiger partial charge in [0.1, 0.15) is 5.56 Å². The van der Waals surface area contributed by atoms with Crippen molar-refractivity contribution in [3.05, 3.63) is 23.9 Å². The van der Waals surface area contributed by atoms with E-state index in [4.69, 9.17) is 4.74 Å². The minimum Gasteiger partial charge on any atom is -0.471 e. The summed E-state index contributed by atoms with van der Waals surface area (Å²) in [5.74, 6) is -0.316. The number of pyridine rings is 1. The Balaban J connectivity index is 2.11. The Bertz CT molecular complexity index is 485. The van der Waals surface area contributed by atoms with Crippen molar-refractivity contribution in [2.45, 2.75) is 19.3 Å². The summed E-state index contributed by atoms with van der Waals surface area (Å²) >= 11 is 0. The number of nitrogens with zero attached hydrogens (tertiary/aromatic N) is 2. The second-order valence-corrected chi connectivity index (χ2v) is 5.00. The Labute approximate surface area is 121 Å². The van der Waals surface area contributed by atoms with Crippen molar-refractivity contribution in [3.8, 4) is 5.88 Å². The molecule has 1 saturated heterocycles. The van der Waals surface area contributed by atoms with Crippen LogP contribution in [-0.4, -0.2) is 53.6 Å². The van der Waals surface area contributed by atoms with Crippen LogP contribution in [-0.2, 0) is 0 Å². The van der Waals surface area contributed by atoms with E-state index in [-0.39, 0.29) is 29.9 Å². The van der Waals surface area contributed by atoms with Crippen molar-refractivity contribution in [1.29, 1.82) is 0 Å². The highest BCUT2D eigenvalue weighted by atomic mass is 19.3. The number of hydrogen-bond acceptors (Lipinski definition) is 4. The third-order valence-electron chi connectivity index (χ3n) is 3.41. The van der Waals surface area contributed by atoms with E-state index < -0.39 is 13.0 Å². The molecule has 1 fully saturated rings. The molecule has 0 spiro atoms. The van der Waals surface area contributed by atoms with Crippen LogP contribution in [0.2, 0.25) is 0 Å². The summed E-state index contributed by atoms with van der Waals surface area (Å²) < 4.78 is 29.4. The lowest BCUT2D eigenvalue weighted by molar-refractivity contribution is 0.0595. The topological polar surface area (TPSA) is 62.7 Å². The number of hydrogen-bond donors (Lipinski definition) is 1. The number of amides is 1. The second-order valence-electron chi connectivity index (χ2n) is 5.00. The normalized spacial score (nSPS) is 18.9. The zero-order valence-electron chi connectivity index (χ0n) is 11.5. The van der Waals surface area contributed by atoms with E-state index in [1.807, 2.05) is 0 Å². The van der Waals surface area contributed by atoms with Gasteiger partial charge in [0.25, 0.3) is 12.3 Å². The average Bonchev–Trinajstić information content (AvgIpc) is 2.52. The SMILES string of the molecule is O=C(c1cccnc1OCC(F)F)N1CCCC(CO)C1. The van der Waals surface area contributed by atoms with E-state index >= 15 is 0 Å². The van der Waals surface area contributed by atoms with Crippen LogP contribution in [0.25, 0.3) is 0 Å². The fraction of sp³-hybridized carbons (Fsp3) is 0.571. The predicted octanol–water partition coefficient (Wildman–Crippen LogP) is 1.57. The van der Waals surface area contributed by atoms with Crippen molar-refractivity contribution in [3.63, 3.8) is 0 Å². The smallest absolute Gasteiger partial charge is 0.272 e. The van der Waals surface area contributed by atoms with Crippen LogP contribution < -0.4 is 4.74 Å². The first-order chi connectivity index (χ1) is 10.1. The van der Waals surface area contributed by atoms with Gasteiger partial charge in [-0.2, -0.15) is 0 Å². The molecule has 21 heavy (non-hydrogen) atoms. The molecule has 0 aliphatic carbocycles. The number of likely N-dealkylation sites (tertiary alicyclic amines) is 1. The van der Waals surface area contributed by atoms with E-state index in [0.717, 1.165) is 12.8 Å². The van der Waals surface area contributed by atoms with E-state index in [9.17, 15) is 18.7 Å². The van der Waals surface area contributed by atoms with Gasteiger partial charge in [0, 0.05) is 25.9 Å². The van der Waals surface area contributed by atoms with Crippen LogP contribution in [0.15, 0.2) is 18.3 Å². The number of aliphatic hydroxyl groups excluding tert-OH is 1. The molecule has 0 aromatic carbocycles. The Hall–Kier alpha value is -1.76. The number of rotatable bonds is 5. The molecule has 1 aliphatic heterocycles. The van der Waals surface area contributed by atoms with Crippen LogP contribution in [0.5, 0.6) is 5.88 Å². The standard InChI is InChI=1S/C14H18F2N2O3/c15-12(16)9-21-13-11(4-1-5-17-13)14(20)18-6-2-3-10(7-18)8-19/h1,4-5,10,12,19H,2-3,6-9H2. The monoisotopic (exact) mass is 300 g/mol. The van der Waals surface area contributed by atoms with Gasteiger partial charge >= 0.3 is 0 Å². The first-order valence-corrected chi connectivity index (χ1v) is 6.88. The van der Waals surface area contributed by atoms with Crippen LogP contribution in [0.1, 0.15) is 23.2 Å². The number of piperidine rings is 1. The van der Waals surface area contributed by atoms with Crippen LogP contribution in [0.3, 0.4) is 0 Å². The number of halogens is 2. The molecule has 1 unspecified atom stereocenters. The summed E-state index contributed by atoms with van der Waals surface area (Å²) in [5, 5.41) is 9.20. The average molecular weight is 300 g/mol. The van der Waals surface area contributed by atoms with Gasteiger partial charge in [-0.25, -0.2) is 13.8 Å². The lowest BCUT2D eigenvalue weighted by atomic mass is 9.98. The van der Waals surface area contributed by atoms with E-state index in [2.05, 4.69) is 4.98 Å². The predicted molar refractivity (Wildman–Crippen MR) is 71.4 cm³/mol. The minimum absolute atomic E-state index is 0.0333.